The smallest absolute Gasteiger partial charge is 0.195 e. The highest BCUT2D eigenvalue weighted by molar-refractivity contribution is 5.93. The number of nitrogens with one attached hydrogen (secondary N) is 2. The molecule has 3 rings (SSSR count). The molecule has 0 aliphatic carbocycles. The molecular weight excluding hydrogens is 330 g/mol. The van der Waals surface area contributed by atoms with Gasteiger partial charge in [-0.05, 0) is 36.8 Å². The minimum atomic E-state index is 0.547. The fraction of sp³-hybridized carbons (Fsp3) is 0.350. The molecule has 0 amide bonds. The van der Waals surface area contributed by atoms with Crippen LogP contribution in [-0.2, 0) is 0 Å². The monoisotopic (exact) mass is 355 g/mol. The average Bonchev–Trinajstić information content (AvgIpc) is 2.89. The van der Waals surface area contributed by atoms with Gasteiger partial charge in [-0.2, -0.15) is 0 Å². The van der Waals surface area contributed by atoms with Gasteiger partial charge in [-0.15, -0.1) is 0 Å². The molecule has 0 fully saturated rings. The van der Waals surface area contributed by atoms with Crippen LogP contribution in [0.3, 0.4) is 0 Å². The van der Waals surface area contributed by atoms with Gasteiger partial charge in [-0.1, -0.05) is 12.1 Å². The topological polar surface area (TPSA) is 64.1 Å². The molecule has 0 aromatic heterocycles. The van der Waals surface area contributed by atoms with E-state index in [0.717, 1.165) is 29.4 Å². The highest BCUT2D eigenvalue weighted by Crippen LogP contribution is 2.32. The number of aliphatic imine (C=N–C) groups is 1. The molecule has 0 unspecified atom stereocenters. The molecule has 26 heavy (non-hydrogen) atoms. The summed E-state index contributed by atoms with van der Waals surface area (Å²) in [5.41, 5.74) is 2.07. The number of rotatable bonds is 5. The van der Waals surface area contributed by atoms with E-state index >= 15 is 0 Å². The normalized spacial score (nSPS) is 13.7. The van der Waals surface area contributed by atoms with Crippen LogP contribution in [0.4, 0.5) is 5.69 Å². The van der Waals surface area contributed by atoms with E-state index < -0.39 is 0 Å². The first-order valence-corrected chi connectivity index (χ1v) is 8.81. The van der Waals surface area contributed by atoms with Crippen LogP contribution in [0.2, 0.25) is 0 Å². The molecule has 138 valence electrons. The highest BCUT2D eigenvalue weighted by atomic mass is 16.5. The van der Waals surface area contributed by atoms with Gasteiger partial charge in [0.05, 0.1) is 19.8 Å². The van der Waals surface area contributed by atoms with Crippen LogP contribution in [0.25, 0.3) is 0 Å². The lowest BCUT2D eigenvalue weighted by Gasteiger charge is -2.14. The Labute approximate surface area is 154 Å². The van der Waals surface area contributed by atoms with Gasteiger partial charge in [0.2, 0.25) is 0 Å². The van der Waals surface area contributed by atoms with Gasteiger partial charge in [0.1, 0.15) is 12.4 Å². The SMILES string of the molecule is CN=C(NCCOc1cccc(C)c1)Nc1ccc2c(c1)OCCCO2. The summed E-state index contributed by atoms with van der Waals surface area (Å²) in [7, 11) is 1.74. The zero-order valence-corrected chi connectivity index (χ0v) is 15.2. The van der Waals surface area contributed by atoms with Crippen molar-refractivity contribution in [2.75, 3.05) is 38.7 Å². The van der Waals surface area contributed by atoms with E-state index in [2.05, 4.69) is 15.6 Å². The summed E-state index contributed by atoms with van der Waals surface area (Å²) in [6, 6.07) is 13.8. The van der Waals surface area contributed by atoms with Crippen LogP contribution >= 0.6 is 0 Å². The number of hydrogen-bond acceptors (Lipinski definition) is 4. The first-order valence-electron chi connectivity index (χ1n) is 8.81. The van der Waals surface area contributed by atoms with Gasteiger partial charge in [0.15, 0.2) is 17.5 Å². The molecule has 2 aromatic carbocycles. The number of hydrogen-bond donors (Lipinski definition) is 2. The number of guanidine groups is 1. The standard InChI is InChI=1S/C20H25N3O3/c1-15-5-3-6-17(13-15)24-12-9-22-20(21-2)23-16-7-8-18-19(14-16)26-11-4-10-25-18/h3,5-8,13-14H,4,9-12H2,1-2H3,(H2,21,22,23). The van der Waals surface area contributed by atoms with Crippen molar-refractivity contribution >= 4 is 11.6 Å². The number of aryl methyl sites for hydroxylation is 1. The fourth-order valence-corrected chi connectivity index (χ4v) is 2.60. The third-order valence-electron chi connectivity index (χ3n) is 3.89. The van der Waals surface area contributed by atoms with Gasteiger partial charge >= 0.3 is 0 Å². The molecular formula is C20H25N3O3. The molecule has 0 spiro atoms. The molecule has 0 saturated carbocycles. The Morgan fingerprint density at radius 2 is 1.96 bits per heavy atom. The van der Waals surface area contributed by atoms with Crippen LogP contribution < -0.4 is 24.8 Å². The second kappa shape index (κ2) is 8.99. The lowest BCUT2D eigenvalue weighted by molar-refractivity contribution is 0.297. The molecule has 0 bridgehead atoms. The molecule has 2 aromatic rings. The van der Waals surface area contributed by atoms with E-state index in [1.807, 2.05) is 49.4 Å². The minimum absolute atomic E-state index is 0.547. The molecule has 0 saturated heterocycles. The Hall–Kier alpha value is -2.89. The van der Waals surface area contributed by atoms with Gasteiger partial charge < -0.3 is 24.8 Å². The first kappa shape index (κ1) is 17.9. The largest absolute Gasteiger partial charge is 0.492 e. The van der Waals surface area contributed by atoms with E-state index in [0.29, 0.717) is 32.3 Å². The van der Waals surface area contributed by atoms with Crippen LogP contribution in [0.15, 0.2) is 47.5 Å². The molecule has 0 atom stereocenters. The van der Waals surface area contributed by atoms with Crippen molar-refractivity contribution in [2.24, 2.45) is 4.99 Å². The van der Waals surface area contributed by atoms with E-state index in [4.69, 9.17) is 14.2 Å². The van der Waals surface area contributed by atoms with E-state index in [1.54, 1.807) is 7.05 Å². The van der Waals surface area contributed by atoms with Crippen molar-refractivity contribution in [1.29, 1.82) is 0 Å². The quantitative estimate of drug-likeness (QED) is 0.490. The number of fused-ring (bicyclic) bond motifs is 1. The lowest BCUT2D eigenvalue weighted by Crippen LogP contribution is -2.33. The number of ether oxygens (including phenoxy) is 3. The van der Waals surface area contributed by atoms with Gasteiger partial charge in [-0.3, -0.25) is 4.99 Å². The molecule has 2 N–H and O–H groups in total. The zero-order valence-electron chi connectivity index (χ0n) is 15.2. The number of benzene rings is 2. The maximum Gasteiger partial charge on any atom is 0.195 e. The predicted octanol–water partition coefficient (Wildman–Crippen LogP) is 3.22. The number of nitrogens with zero attached hydrogens (tertiary/aromatic N) is 1. The second-order valence-electron chi connectivity index (χ2n) is 6.00. The summed E-state index contributed by atoms with van der Waals surface area (Å²) in [5.74, 6) is 3.08. The van der Waals surface area contributed by atoms with Crippen LogP contribution in [-0.4, -0.2) is 39.4 Å². The summed E-state index contributed by atoms with van der Waals surface area (Å²) >= 11 is 0. The molecule has 1 aliphatic heterocycles. The number of anilines is 1. The summed E-state index contributed by atoms with van der Waals surface area (Å²) in [4.78, 5) is 4.24. The second-order valence-corrected chi connectivity index (χ2v) is 6.00. The van der Waals surface area contributed by atoms with Crippen molar-refractivity contribution in [3.05, 3.63) is 48.0 Å². The maximum atomic E-state index is 5.74. The van der Waals surface area contributed by atoms with Crippen molar-refractivity contribution in [3.8, 4) is 17.2 Å². The molecule has 6 heteroatoms. The van der Waals surface area contributed by atoms with Gasteiger partial charge in [0.25, 0.3) is 0 Å². The van der Waals surface area contributed by atoms with Crippen LogP contribution in [0, 0.1) is 6.92 Å². The Kier molecular flexibility index (Phi) is 6.19. The summed E-state index contributed by atoms with van der Waals surface area (Å²) in [6.45, 7) is 4.58. The fourth-order valence-electron chi connectivity index (χ4n) is 2.60. The first-order chi connectivity index (χ1) is 12.7. The third-order valence-corrected chi connectivity index (χ3v) is 3.89. The highest BCUT2D eigenvalue weighted by Gasteiger charge is 2.11. The minimum Gasteiger partial charge on any atom is -0.492 e. The van der Waals surface area contributed by atoms with E-state index in [9.17, 15) is 0 Å². The van der Waals surface area contributed by atoms with Gasteiger partial charge in [0, 0.05) is 25.2 Å². The molecule has 0 radical (unpaired) electrons. The average molecular weight is 355 g/mol. The molecule has 1 heterocycles. The van der Waals surface area contributed by atoms with Crippen molar-refractivity contribution < 1.29 is 14.2 Å². The Morgan fingerprint density at radius 3 is 2.77 bits per heavy atom. The molecule has 1 aliphatic rings. The summed E-state index contributed by atoms with van der Waals surface area (Å²) < 4.78 is 17.1. The zero-order chi connectivity index (χ0) is 18.2. The summed E-state index contributed by atoms with van der Waals surface area (Å²) in [6.07, 6.45) is 0.890. The maximum absolute atomic E-state index is 5.74. The Bertz CT molecular complexity index is 762. The van der Waals surface area contributed by atoms with E-state index in [-0.39, 0.29) is 0 Å². The predicted molar refractivity (Wildman–Crippen MR) is 104 cm³/mol. The van der Waals surface area contributed by atoms with Crippen molar-refractivity contribution in [3.63, 3.8) is 0 Å². The Balaban J connectivity index is 1.49. The van der Waals surface area contributed by atoms with Crippen molar-refractivity contribution in [2.45, 2.75) is 13.3 Å². The van der Waals surface area contributed by atoms with Crippen molar-refractivity contribution in [1.82, 2.24) is 5.32 Å². The van der Waals surface area contributed by atoms with Crippen LogP contribution in [0.5, 0.6) is 17.2 Å². The summed E-state index contributed by atoms with van der Waals surface area (Å²) in [5, 5.41) is 6.49. The van der Waals surface area contributed by atoms with Gasteiger partial charge in [-0.25, -0.2) is 0 Å². The molecule has 6 nitrogen and oxygen atoms in total. The van der Waals surface area contributed by atoms with E-state index in [1.165, 1.54) is 5.56 Å². The lowest BCUT2D eigenvalue weighted by atomic mass is 10.2. The third kappa shape index (κ3) is 5.05. The van der Waals surface area contributed by atoms with Crippen LogP contribution in [0.1, 0.15) is 12.0 Å². The Morgan fingerprint density at radius 1 is 1.12 bits per heavy atom.